The number of hydrogen-bond acceptors (Lipinski definition) is 4. The number of nitrogens with one attached hydrogen (secondary N) is 3. The third-order valence-electron chi connectivity index (χ3n) is 4.54. The minimum Gasteiger partial charge on any atom is -0.497 e. The fourth-order valence-corrected chi connectivity index (χ4v) is 3.00. The lowest BCUT2D eigenvalue weighted by Crippen LogP contribution is -3.11. The van der Waals surface area contributed by atoms with Gasteiger partial charge >= 0.3 is 0 Å². The third-order valence-corrected chi connectivity index (χ3v) is 4.54. The topological polar surface area (TPSA) is 81.1 Å². The van der Waals surface area contributed by atoms with Crippen LogP contribution in [0.3, 0.4) is 0 Å². The average Bonchev–Trinajstić information content (AvgIpc) is 2.68. The van der Waals surface area contributed by atoms with E-state index in [4.69, 9.17) is 9.47 Å². The molecular weight excluding hydrogens is 370 g/mol. The molecular formula is C22H30N3O4+. The van der Waals surface area contributed by atoms with Crippen LogP contribution in [0.5, 0.6) is 11.5 Å². The molecule has 29 heavy (non-hydrogen) atoms. The first-order valence-corrected chi connectivity index (χ1v) is 9.51. The van der Waals surface area contributed by atoms with E-state index in [1.54, 1.807) is 14.2 Å². The molecule has 2 atom stereocenters. The Morgan fingerprint density at radius 2 is 1.66 bits per heavy atom. The van der Waals surface area contributed by atoms with E-state index in [1.165, 1.54) is 0 Å². The first kappa shape index (κ1) is 22.2. The Labute approximate surface area is 172 Å². The van der Waals surface area contributed by atoms with Crippen molar-refractivity contribution in [3.8, 4) is 11.5 Å². The van der Waals surface area contributed by atoms with E-state index in [9.17, 15) is 9.59 Å². The fourth-order valence-electron chi connectivity index (χ4n) is 3.00. The van der Waals surface area contributed by atoms with Gasteiger partial charge in [0.2, 0.25) is 0 Å². The zero-order chi connectivity index (χ0) is 21.4. The van der Waals surface area contributed by atoms with Gasteiger partial charge in [0.05, 0.1) is 27.3 Å². The van der Waals surface area contributed by atoms with Crippen molar-refractivity contribution < 1.29 is 24.0 Å². The molecule has 2 amide bonds. The number of carbonyl (C=O) groups excluding carboxylic acids is 2. The largest absolute Gasteiger partial charge is 0.497 e. The second-order valence-corrected chi connectivity index (χ2v) is 7.12. The summed E-state index contributed by atoms with van der Waals surface area (Å²) < 4.78 is 10.6. The van der Waals surface area contributed by atoms with Crippen molar-refractivity contribution in [3.63, 3.8) is 0 Å². The predicted octanol–water partition coefficient (Wildman–Crippen LogP) is 1.34. The molecule has 0 saturated heterocycles. The van der Waals surface area contributed by atoms with Crippen LogP contribution in [0.25, 0.3) is 0 Å². The fraction of sp³-hybridized carbons (Fsp3) is 0.364. The Morgan fingerprint density at radius 3 is 2.28 bits per heavy atom. The number of rotatable bonds is 9. The lowest BCUT2D eigenvalue weighted by atomic mass is 10.1. The van der Waals surface area contributed by atoms with E-state index in [0.29, 0.717) is 11.5 Å². The number of hydrogen-bond donors (Lipinski definition) is 3. The summed E-state index contributed by atoms with van der Waals surface area (Å²) in [6.45, 7) is 4.25. The summed E-state index contributed by atoms with van der Waals surface area (Å²) in [5, 5.41) is 5.80. The highest BCUT2D eigenvalue weighted by molar-refractivity contribution is 5.91. The van der Waals surface area contributed by atoms with Crippen LogP contribution < -0.4 is 25.0 Å². The number of anilines is 1. The molecule has 3 N–H and O–H groups in total. The van der Waals surface area contributed by atoms with Gasteiger partial charge in [-0.2, -0.15) is 0 Å². The van der Waals surface area contributed by atoms with Crippen molar-refractivity contribution in [2.24, 2.45) is 0 Å². The minimum atomic E-state index is -0.262. The Bertz CT molecular complexity index is 836. The standard InChI is InChI=1S/C22H29N3O4/c1-15-6-8-17(9-7-15)24-22(27)14-25(3)13-21(26)23-16(2)19-12-18(28-4)10-11-20(19)29-5/h6-12,16H,13-14H2,1-5H3,(H,23,26)(H,24,27)/p+1/t16-/m0/s1. The molecule has 0 aliphatic carbocycles. The van der Waals surface area contributed by atoms with Crippen LogP contribution >= 0.6 is 0 Å². The zero-order valence-corrected chi connectivity index (χ0v) is 17.7. The number of ether oxygens (including phenoxy) is 2. The summed E-state index contributed by atoms with van der Waals surface area (Å²) in [4.78, 5) is 25.4. The van der Waals surface area contributed by atoms with Crippen molar-refractivity contribution in [1.82, 2.24) is 5.32 Å². The van der Waals surface area contributed by atoms with Gasteiger partial charge in [-0.25, -0.2) is 0 Å². The van der Waals surface area contributed by atoms with Gasteiger partial charge in [-0.15, -0.1) is 0 Å². The lowest BCUT2D eigenvalue weighted by Gasteiger charge is -2.19. The predicted molar refractivity (Wildman–Crippen MR) is 113 cm³/mol. The number of amides is 2. The molecule has 0 aromatic heterocycles. The van der Waals surface area contributed by atoms with Gasteiger partial charge in [0, 0.05) is 11.3 Å². The molecule has 0 bridgehead atoms. The summed E-state index contributed by atoms with van der Waals surface area (Å²) >= 11 is 0. The van der Waals surface area contributed by atoms with Gasteiger partial charge in [0.15, 0.2) is 13.1 Å². The average molecular weight is 400 g/mol. The molecule has 7 heteroatoms. The summed E-state index contributed by atoms with van der Waals surface area (Å²) in [6, 6.07) is 12.8. The molecule has 0 heterocycles. The molecule has 1 unspecified atom stereocenters. The van der Waals surface area contributed by atoms with Crippen molar-refractivity contribution in [3.05, 3.63) is 53.6 Å². The molecule has 156 valence electrons. The van der Waals surface area contributed by atoms with Crippen molar-refractivity contribution in [1.29, 1.82) is 0 Å². The SMILES string of the molecule is COc1ccc(OC)c([C@H](C)NC(=O)C[NH+](C)CC(=O)Nc2ccc(C)cc2)c1. The monoisotopic (exact) mass is 400 g/mol. The number of quaternary nitrogens is 1. The number of methoxy groups -OCH3 is 2. The van der Waals surface area contributed by atoms with Crippen LogP contribution in [-0.4, -0.2) is 46.2 Å². The van der Waals surface area contributed by atoms with Crippen LogP contribution in [0, 0.1) is 6.92 Å². The highest BCUT2D eigenvalue weighted by atomic mass is 16.5. The number of aryl methyl sites for hydroxylation is 1. The van der Waals surface area contributed by atoms with Crippen LogP contribution in [0.2, 0.25) is 0 Å². The molecule has 2 aromatic carbocycles. The van der Waals surface area contributed by atoms with Gasteiger partial charge in [0.1, 0.15) is 11.5 Å². The molecule has 7 nitrogen and oxygen atoms in total. The molecule has 2 rings (SSSR count). The molecule has 0 aliphatic rings. The van der Waals surface area contributed by atoms with Crippen LogP contribution in [0.4, 0.5) is 5.69 Å². The van der Waals surface area contributed by atoms with Crippen LogP contribution in [0.15, 0.2) is 42.5 Å². The Morgan fingerprint density at radius 1 is 1.00 bits per heavy atom. The molecule has 0 spiro atoms. The minimum absolute atomic E-state index is 0.137. The molecule has 2 aromatic rings. The summed E-state index contributed by atoms with van der Waals surface area (Å²) in [5.41, 5.74) is 2.70. The van der Waals surface area contributed by atoms with Gasteiger partial charge < -0.3 is 25.0 Å². The zero-order valence-electron chi connectivity index (χ0n) is 17.7. The van der Waals surface area contributed by atoms with Crippen molar-refractivity contribution in [2.45, 2.75) is 19.9 Å². The maximum Gasteiger partial charge on any atom is 0.279 e. The van der Waals surface area contributed by atoms with Crippen LogP contribution in [0.1, 0.15) is 24.1 Å². The van der Waals surface area contributed by atoms with Gasteiger partial charge in [-0.3, -0.25) is 9.59 Å². The van der Waals surface area contributed by atoms with E-state index < -0.39 is 0 Å². The smallest absolute Gasteiger partial charge is 0.279 e. The van der Waals surface area contributed by atoms with Crippen LogP contribution in [-0.2, 0) is 9.59 Å². The maximum atomic E-state index is 12.4. The Balaban J connectivity index is 1.87. The first-order valence-electron chi connectivity index (χ1n) is 9.51. The summed E-state index contributed by atoms with van der Waals surface area (Å²) in [6.07, 6.45) is 0. The second kappa shape index (κ2) is 10.5. The van der Waals surface area contributed by atoms with E-state index >= 15 is 0 Å². The van der Waals surface area contributed by atoms with E-state index in [2.05, 4.69) is 10.6 Å². The molecule has 0 aliphatic heterocycles. The molecule has 0 saturated carbocycles. The Kier molecular flexibility index (Phi) is 8.03. The van der Waals surface area contributed by atoms with E-state index in [0.717, 1.165) is 21.7 Å². The van der Waals surface area contributed by atoms with Crippen molar-refractivity contribution >= 4 is 17.5 Å². The normalized spacial score (nSPS) is 12.6. The van der Waals surface area contributed by atoms with E-state index in [-0.39, 0.29) is 30.9 Å². The highest BCUT2D eigenvalue weighted by Gasteiger charge is 2.19. The summed E-state index contributed by atoms with van der Waals surface area (Å²) in [5.74, 6) is 1.08. The molecule has 0 radical (unpaired) electrons. The van der Waals surface area contributed by atoms with Gasteiger partial charge in [-0.05, 0) is 44.2 Å². The third kappa shape index (κ3) is 6.80. The highest BCUT2D eigenvalue weighted by Crippen LogP contribution is 2.29. The lowest BCUT2D eigenvalue weighted by molar-refractivity contribution is -0.862. The van der Waals surface area contributed by atoms with Gasteiger partial charge in [0.25, 0.3) is 11.8 Å². The van der Waals surface area contributed by atoms with E-state index in [1.807, 2.05) is 63.4 Å². The Hall–Kier alpha value is -3.06. The number of benzene rings is 2. The maximum absolute atomic E-state index is 12.4. The second-order valence-electron chi connectivity index (χ2n) is 7.12. The number of likely N-dealkylation sites (N-methyl/N-ethyl adjacent to an activating group) is 1. The summed E-state index contributed by atoms with van der Waals surface area (Å²) in [7, 11) is 4.99. The number of carbonyl (C=O) groups is 2. The first-order chi connectivity index (χ1) is 13.8. The van der Waals surface area contributed by atoms with Gasteiger partial charge in [-0.1, -0.05) is 17.7 Å². The molecule has 0 fully saturated rings. The van der Waals surface area contributed by atoms with Crippen molar-refractivity contribution in [2.75, 3.05) is 39.7 Å². The quantitative estimate of drug-likeness (QED) is 0.594.